The molecule has 0 saturated heterocycles. The van der Waals surface area contributed by atoms with Crippen LogP contribution in [0.15, 0.2) is 42.5 Å². The Morgan fingerprint density at radius 1 is 1.19 bits per heavy atom. The molecule has 1 aromatic heterocycles. The van der Waals surface area contributed by atoms with Gasteiger partial charge >= 0.3 is 0 Å². The first-order chi connectivity index (χ1) is 12.5. The van der Waals surface area contributed by atoms with Crippen molar-refractivity contribution in [1.29, 1.82) is 0 Å². The zero-order valence-corrected chi connectivity index (χ0v) is 15.5. The van der Waals surface area contributed by atoms with Gasteiger partial charge in [-0.05, 0) is 36.2 Å². The molecule has 132 valence electrons. The molecule has 0 radical (unpaired) electrons. The molecule has 0 bridgehead atoms. The number of aromatic nitrogens is 1. The number of carbonyl (C=O) groups excluding carboxylic acids is 2. The molecule has 1 aliphatic rings. The van der Waals surface area contributed by atoms with Crippen LogP contribution in [0.3, 0.4) is 0 Å². The van der Waals surface area contributed by atoms with Gasteiger partial charge < -0.3 is 10.2 Å². The number of nitrogens with one attached hydrogen (secondary N) is 1. The van der Waals surface area contributed by atoms with Crippen LogP contribution in [0.2, 0.25) is 0 Å². The van der Waals surface area contributed by atoms with Gasteiger partial charge in [-0.15, -0.1) is 11.3 Å². The van der Waals surface area contributed by atoms with Gasteiger partial charge in [-0.1, -0.05) is 24.3 Å². The molecule has 5 nitrogen and oxygen atoms in total. The third-order valence-electron chi connectivity index (χ3n) is 4.72. The molecule has 6 heteroatoms. The van der Waals surface area contributed by atoms with Crippen molar-refractivity contribution in [2.75, 3.05) is 5.32 Å². The highest BCUT2D eigenvalue weighted by atomic mass is 32.1. The van der Waals surface area contributed by atoms with E-state index in [-0.39, 0.29) is 11.8 Å². The lowest BCUT2D eigenvalue weighted by molar-refractivity contribution is -0.138. The van der Waals surface area contributed by atoms with Gasteiger partial charge in [-0.2, -0.15) is 0 Å². The largest absolute Gasteiger partial charge is 0.326 e. The van der Waals surface area contributed by atoms with Crippen molar-refractivity contribution in [2.45, 2.75) is 32.9 Å². The van der Waals surface area contributed by atoms with Crippen molar-refractivity contribution in [3.63, 3.8) is 0 Å². The topological polar surface area (TPSA) is 62.3 Å². The summed E-state index contributed by atoms with van der Waals surface area (Å²) in [5, 5.41) is 3.97. The van der Waals surface area contributed by atoms with Crippen LogP contribution in [-0.2, 0) is 22.6 Å². The molecule has 1 atom stereocenters. The third kappa shape index (κ3) is 3.08. The molecule has 3 aromatic rings. The van der Waals surface area contributed by atoms with Crippen molar-refractivity contribution in [3.05, 3.63) is 58.6 Å². The number of aryl methyl sites for hydroxylation is 1. The zero-order valence-electron chi connectivity index (χ0n) is 14.7. The van der Waals surface area contributed by atoms with Crippen molar-refractivity contribution in [1.82, 2.24) is 9.88 Å². The molecule has 2 aromatic carbocycles. The Bertz CT molecular complexity index is 1010. The van der Waals surface area contributed by atoms with Gasteiger partial charge in [0.05, 0.1) is 15.2 Å². The predicted octanol–water partition coefficient (Wildman–Crippen LogP) is 3.52. The Balaban J connectivity index is 1.59. The van der Waals surface area contributed by atoms with E-state index in [1.807, 2.05) is 49.4 Å². The van der Waals surface area contributed by atoms with E-state index >= 15 is 0 Å². The summed E-state index contributed by atoms with van der Waals surface area (Å²) in [5.74, 6) is -0.247. The summed E-state index contributed by atoms with van der Waals surface area (Å²) in [4.78, 5) is 31.1. The molecule has 0 spiro atoms. The number of thiazole rings is 1. The van der Waals surface area contributed by atoms with Crippen molar-refractivity contribution in [3.8, 4) is 0 Å². The van der Waals surface area contributed by atoms with Gasteiger partial charge in [-0.25, -0.2) is 4.98 Å². The normalized spacial score (nSPS) is 16.4. The quantitative estimate of drug-likeness (QED) is 0.756. The van der Waals surface area contributed by atoms with Crippen LogP contribution in [0.5, 0.6) is 0 Å². The Labute approximate surface area is 155 Å². The first-order valence-corrected chi connectivity index (χ1v) is 9.35. The lowest BCUT2D eigenvalue weighted by atomic mass is 9.93. The van der Waals surface area contributed by atoms with Crippen LogP contribution in [-0.4, -0.2) is 27.7 Å². The van der Waals surface area contributed by atoms with Crippen LogP contribution < -0.4 is 5.32 Å². The number of carbonyl (C=O) groups is 2. The number of amides is 2. The van der Waals surface area contributed by atoms with Crippen molar-refractivity contribution in [2.24, 2.45) is 0 Å². The molecule has 0 unspecified atom stereocenters. The summed E-state index contributed by atoms with van der Waals surface area (Å²) in [6.07, 6.45) is 0.531. The van der Waals surface area contributed by atoms with Crippen molar-refractivity contribution >= 4 is 39.1 Å². The smallest absolute Gasteiger partial charge is 0.247 e. The minimum atomic E-state index is -0.499. The Morgan fingerprint density at radius 3 is 2.73 bits per heavy atom. The molecule has 26 heavy (non-hydrogen) atoms. The summed E-state index contributed by atoms with van der Waals surface area (Å²) in [5.41, 5.74) is 3.89. The Hall–Kier alpha value is -2.73. The first kappa shape index (κ1) is 16.7. The van der Waals surface area contributed by atoms with E-state index in [0.29, 0.717) is 13.0 Å². The van der Waals surface area contributed by atoms with Gasteiger partial charge in [0.15, 0.2) is 0 Å². The molecule has 2 heterocycles. The highest BCUT2D eigenvalue weighted by Crippen LogP contribution is 2.27. The minimum absolute atomic E-state index is 0.0896. The Morgan fingerprint density at radius 2 is 1.96 bits per heavy atom. The fraction of sp³-hybridized carbons (Fsp3) is 0.250. The van der Waals surface area contributed by atoms with E-state index in [2.05, 4.69) is 10.3 Å². The number of fused-ring (bicyclic) bond motifs is 2. The summed E-state index contributed by atoms with van der Waals surface area (Å²) in [6.45, 7) is 3.95. The highest BCUT2D eigenvalue weighted by molar-refractivity contribution is 7.18. The second-order valence-electron chi connectivity index (χ2n) is 6.54. The molecule has 0 aliphatic carbocycles. The monoisotopic (exact) mass is 365 g/mol. The summed E-state index contributed by atoms with van der Waals surface area (Å²) in [6, 6.07) is 13.2. The number of nitrogens with zero attached hydrogens (tertiary/aromatic N) is 2. The molecular formula is C20H19N3O2S. The average Bonchev–Trinajstić information content (AvgIpc) is 2.99. The van der Waals surface area contributed by atoms with Crippen LogP contribution in [0, 0.1) is 6.92 Å². The van der Waals surface area contributed by atoms with E-state index in [4.69, 9.17) is 0 Å². The van der Waals surface area contributed by atoms with Crippen LogP contribution in [0.1, 0.15) is 23.1 Å². The van der Waals surface area contributed by atoms with Gasteiger partial charge in [0, 0.05) is 25.6 Å². The predicted molar refractivity (Wildman–Crippen MR) is 103 cm³/mol. The highest BCUT2D eigenvalue weighted by Gasteiger charge is 2.33. The summed E-state index contributed by atoms with van der Waals surface area (Å²) >= 11 is 1.60. The maximum absolute atomic E-state index is 12.9. The maximum Gasteiger partial charge on any atom is 0.247 e. The molecule has 0 fully saturated rings. The van der Waals surface area contributed by atoms with Gasteiger partial charge in [0.25, 0.3) is 0 Å². The number of benzene rings is 2. The SMILES string of the molecule is CC(=O)N1Cc2ccccc2C[C@@H]1C(=O)Nc1ccc2nc(C)sc2c1. The number of hydrogen-bond acceptors (Lipinski definition) is 4. The third-order valence-corrected chi connectivity index (χ3v) is 5.65. The molecule has 0 saturated carbocycles. The average molecular weight is 365 g/mol. The van der Waals surface area contributed by atoms with Gasteiger partial charge in [0.1, 0.15) is 6.04 Å². The summed E-state index contributed by atoms with van der Waals surface area (Å²) in [7, 11) is 0. The van der Waals surface area contributed by atoms with Crippen LogP contribution >= 0.6 is 11.3 Å². The lowest BCUT2D eigenvalue weighted by Crippen LogP contribution is -2.49. The molecule has 1 N–H and O–H groups in total. The van der Waals surface area contributed by atoms with E-state index in [9.17, 15) is 9.59 Å². The molecule has 1 aliphatic heterocycles. The second-order valence-corrected chi connectivity index (χ2v) is 7.77. The maximum atomic E-state index is 12.9. The Kier molecular flexibility index (Phi) is 4.20. The van der Waals surface area contributed by atoms with E-state index < -0.39 is 6.04 Å². The summed E-state index contributed by atoms with van der Waals surface area (Å²) < 4.78 is 1.04. The fourth-order valence-electron chi connectivity index (χ4n) is 3.43. The first-order valence-electron chi connectivity index (χ1n) is 8.53. The van der Waals surface area contributed by atoms with E-state index in [1.54, 1.807) is 16.2 Å². The minimum Gasteiger partial charge on any atom is -0.326 e. The van der Waals surface area contributed by atoms with Gasteiger partial charge in [0.2, 0.25) is 11.8 Å². The van der Waals surface area contributed by atoms with E-state index in [0.717, 1.165) is 32.0 Å². The fourth-order valence-corrected chi connectivity index (χ4v) is 4.30. The number of rotatable bonds is 2. The standard InChI is InChI=1S/C20H19N3O2S/c1-12-21-17-8-7-16(10-19(17)26-12)22-20(25)18-9-14-5-3-4-6-15(14)11-23(18)13(2)24/h3-8,10,18H,9,11H2,1-2H3,(H,22,25)/t18-/m1/s1. The molecule has 4 rings (SSSR count). The molecular weight excluding hydrogens is 346 g/mol. The van der Waals surface area contributed by atoms with Gasteiger partial charge in [-0.3, -0.25) is 9.59 Å². The number of hydrogen-bond donors (Lipinski definition) is 1. The van der Waals surface area contributed by atoms with Crippen LogP contribution in [0.4, 0.5) is 5.69 Å². The van der Waals surface area contributed by atoms with E-state index in [1.165, 1.54) is 6.92 Å². The lowest BCUT2D eigenvalue weighted by Gasteiger charge is -2.35. The zero-order chi connectivity index (χ0) is 18.3. The number of anilines is 1. The second kappa shape index (κ2) is 6.53. The van der Waals surface area contributed by atoms with Crippen molar-refractivity contribution < 1.29 is 9.59 Å². The molecule has 2 amide bonds. The van der Waals surface area contributed by atoms with Crippen LogP contribution in [0.25, 0.3) is 10.2 Å².